The van der Waals surface area contributed by atoms with Gasteiger partial charge >= 0.3 is 0 Å². The number of carbonyl (C=O) groups excluding carboxylic acids is 1. The summed E-state index contributed by atoms with van der Waals surface area (Å²) < 4.78 is 0. The third-order valence-corrected chi connectivity index (χ3v) is 3.53. The van der Waals surface area contributed by atoms with Crippen molar-refractivity contribution in [3.8, 4) is 0 Å². The van der Waals surface area contributed by atoms with Crippen LogP contribution in [0.5, 0.6) is 0 Å². The van der Waals surface area contributed by atoms with Crippen molar-refractivity contribution in [1.82, 2.24) is 0 Å². The van der Waals surface area contributed by atoms with Crippen LogP contribution in [0.2, 0.25) is 0 Å². The Labute approximate surface area is 129 Å². The van der Waals surface area contributed by atoms with Gasteiger partial charge in [-0.3, -0.25) is 14.9 Å². The predicted molar refractivity (Wildman–Crippen MR) is 85.9 cm³/mol. The minimum atomic E-state index is -0.480. The summed E-state index contributed by atoms with van der Waals surface area (Å²) in [4.78, 5) is 23.1. The van der Waals surface area contributed by atoms with Gasteiger partial charge in [0.1, 0.15) is 5.69 Å². The van der Waals surface area contributed by atoms with E-state index in [1.165, 1.54) is 6.07 Å². The van der Waals surface area contributed by atoms with E-state index in [0.29, 0.717) is 6.42 Å². The number of carbonyl (C=O) groups is 1. The van der Waals surface area contributed by atoms with Gasteiger partial charge in [0.2, 0.25) is 5.91 Å². The van der Waals surface area contributed by atoms with Crippen LogP contribution >= 0.6 is 0 Å². The van der Waals surface area contributed by atoms with Gasteiger partial charge in [-0.15, -0.1) is 0 Å². The number of anilines is 1. The number of nitro groups is 1. The Morgan fingerprint density at radius 2 is 1.91 bits per heavy atom. The molecule has 114 valence electrons. The Morgan fingerprint density at radius 3 is 2.50 bits per heavy atom. The first-order valence-corrected chi connectivity index (χ1v) is 7.13. The van der Waals surface area contributed by atoms with E-state index in [4.69, 9.17) is 0 Å². The van der Waals surface area contributed by atoms with Gasteiger partial charge in [0.15, 0.2) is 0 Å². The Morgan fingerprint density at radius 1 is 1.23 bits per heavy atom. The van der Waals surface area contributed by atoms with Crippen LogP contribution in [0.15, 0.2) is 48.5 Å². The van der Waals surface area contributed by atoms with Crippen molar-refractivity contribution in [2.24, 2.45) is 0 Å². The lowest BCUT2D eigenvalue weighted by atomic mass is 9.95. The maximum absolute atomic E-state index is 12.5. The first kappa shape index (κ1) is 15.7. The molecule has 2 aromatic carbocycles. The topological polar surface area (TPSA) is 72.2 Å². The van der Waals surface area contributed by atoms with Gasteiger partial charge in [0, 0.05) is 6.07 Å². The number of hydrogen-bond donors (Lipinski definition) is 1. The fraction of sp³-hybridized carbons (Fsp3) is 0.235. The summed E-state index contributed by atoms with van der Waals surface area (Å²) in [6.45, 7) is 3.69. The molecule has 0 radical (unpaired) electrons. The molecule has 2 aromatic rings. The molecule has 0 aromatic heterocycles. The number of nitrogens with one attached hydrogen (secondary N) is 1. The van der Waals surface area contributed by atoms with Crippen LogP contribution in [0.4, 0.5) is 11.4 Å². The zero-order chi connectivity index (χ0) is 16.1. The van der Waals surface area contributed by atoms with Crippen LogP contribution in [0, 0.1) is 17.0 Å². The Bertz CT molecular complexity index is 684. The number of nitro benzene ring substituents is 1. The molecule has 0 aliphatic rings. The first-order chi connectivity index (χ1) is 10.5. The maximum Gasteiger partial charge on any atom is 0.293 e. The molecule has 0 bridgehead atoms. The second kappa shape index (κ2) is 6.85. The molecule has 0 saturated carbocycles. The standard InChI is InChI=1S/C17H18N2O3/c1-3-14(13-7-5-4-6-8-13)17(20)18-15-10-9-12(2)11-16(15)19(21)22/h4-11,14H,3H2,1-2H3,(H,18,20)/t14-/m0/s1. The molecule has 1 N–H and O–H groups in total. The van der Waals surface area contributed by atoms with E-state index in [0.717, 1.165) is 11.1 Å². The number of benzene rings is 2. The summed E-state index contributed by atoms with van der Waals surface area (Å²) in [7, 11) is 0. The van der Waals surface area contributed by atoms with Crippen molar-refractivity contribution in [2.75, 3.05) is 5.32 Å². The molecular weight excluding hydrogens is 280 g/mol. The van der Waals surface area contributed by atoms with Gasteiger partial charge in [-0.05, 0) is 30.5 Å². The lowest BCUT2D eigenvalue weighted by Crippen LogP contribution is -2.21. The van der Waals surface area contributed by atoms with E-state index >= 15 is 0 Å². The maximum atomic E-state index is 12.5. The van der Waals surface area contributed by atoms with Gasteiger partial charge in [-0.2, -0.15) is 0 Å². The number of hydrogen-bond acceptors (Lipinski definition) is 3. The largest absolute Gasteiger partial charge is 0.320 e. The fourth-order valence-corrected chi connectivity index (χ4v) is 2.38. The summed E-state index contributed by atoms with van der Waals surface area (Å²) >= 11 is 0. The summed E-state index contributed by atoms with van der Waals surface area (Å²) in [6.07, 6.45) is 0.621. The average molecular weight is 298 g/mol. The van der Waals surface area contributed by atoms with Crippen molar-refractivity contribution in [1.29, 1.82) is 0 Å². The highest BCUT2D eigenvalue weighted by atomic mass is 16.6. The van der Waals surface area contributed by atoms with E-state index < -0.39 is 4.92 Å². The van der Waals surface area contributed by atoms with Gasteiger partial charge in [0.05, 0.1) is 10.8 Å². The molecular formula is C17H18N2O3. The normalized spacial score (nSPS) is 11.7. The lowest BCUT2D eigenvalue weighted by molar-refractivity contribution is -0.384. The number of nitrogens with zero attached hydrogens (tertiary/aromatic N) is 1. The molecule has 2 rings (SSSR count). The van der Waals surface area contributed by atoms with E-state index in [-0.39, 0.29) is 23.2 Å². The smallest absolute Gasteiger partial charge is 0.293 e. The van der Waals surface area contributed by atoms with Crippen LogP contribution in [-0.2, 0) is 4.79 Å². The summed E-state index contributed by atoms with van der Waals surface area (Å²) in [5.41, 5.74) is 1.82. The van der Waals surface area contributed by atoms with E-state index in [9.17, 15) is 14.9 Å². The Kier molecular flexibility index (Phi) is 4.88. The molecule has 0 fully saturated rings. The van der Waals surface area contributed by atoms with Gasteiger partial charge in [0.25, 0.3) is 5.69 Å². The SMILES string of the molecule is CC[C@H](C(=O)Nc1ccc(C)cc1[N+](=O)[O-])c1ccccc1. The van der Waals surface area contributed by atoms with Crippen molar-refractivity contribution in [3.05, 3.63) is 69.8 Å². The van der Waals surface area contributed by atoms with E-state index in [2.05, 4.69) is 5.32 Å². The van der Waals surface area contributed by atoms with Crippen LogP contribution < -0.4 is 5.32 Å². The minimum Gasteiger partial charge on any atom is -0.320 e. The third-order valence-electron chi connectivity index (χ3n) is 3.53. The molecule has 0 saturated heterocycles. The number of aryl methyl sites for hydroxylation is 1. The molecule has 0 unspecified atom stereocenters. The molecule has 0 heterocycles. The zero-order valence-electron chi connectivity index (χ0n) is 12.6. The van der Waals surface area contributed by atoms with Crippen LogP contribution in [-0.4, -0.2) is 10.8 Å². The highest BCUT2D eigenvalue weighted by molar-refractivity contribution is 5.97. The molecule has 1 amide bonds. The monoisotopic (exact) mass is 298 g/mol. The van der Waals surface area contributed by atoms with Crippen molar-refractivity contribution < 1.29 is 9.72 Å². The molecule has 22 heavy (non-hydrogen) atoms. The van der Waals surface area contributed by atoms with Crippen molar-refractivity contribution in [2.45, 2.75) is 26.2 Å². The second-order valence-electron chi connectivity index (χ2n) is 5.14. The zero-order valence-corrected chi connectivity index (χ0v) is 12.6. The van der Waals surface area contributed by atoms with Gasteiger partial charge in [-0.25, -0.2) is 0 Å². The number of amides is 1. The molecule has 0 spiro atoms. The fourth-order valence-electron chi connectivity index (χ4n) is 2.38. The Hall–Kier alpha value is -2.69. The molecule has 0 aliphatic carbocycles. The lowest BCUT2D eigenvalue weighted by Gasteiger charge is -2.15. The van der Waals surface area contributed by atoms with Gasteiger partial charge < -0.3 is 5.32 Å². The summed E-state index contributed by atoms with van der Waals surface area (Å²) in [5.74, 6) is -0.567. The second-order valence-corrected chi connectivity index (χ2v) is 5.14. The summed E-state index contributed by atoms with van der Waals surface area (Å²) in [5, 5.41) is 13.8. The summed E-state index contributed by atoms with van der Waals surface area (Å²) in [6, 6.07) is 14.2. The van der Waals surface area contributed by atoms with E-state index in [1.807, 2.05) is 37.3 Å². The van der Waals surface area contributed by atoms with E-state index in [1.54, 1.807) is 19.1 Å². The van der Waals surface area contributed by atoms with Crippen molar-refractivity contribution in [3.63, 3.8) is 0 Å². The predicted octanol–water partition coefficient (Wildman–Crippen LogP) is 4.04. The highest BCUT2D eigenvalue weighted by Crippen LogP contribution is 2.28. The van der Waals surface area contributed by atoms with Crippen LogP contribution in [0.25, 0.3) is 0 Å². The van der Waals surface area contributed by atoms with Crippen LogP contribution in [0.3, 0.4) is 0 Å². The van der Waals surface area contributed by atoms with Crippen molar-refractivity contribution >= 4 is 17.3 Å². The number of rotatable bonds is 5. The first-order valence-electron chi connectivity index (χ1n) is 7.13. The quantitative estimate of drug-likeness (QED) is 0.669. The van der Waals surface area contributed by atoms with Crippen LogP contribution in [0.1, 0.15) is 30.4 Å². The van der Waals surface area contributed by atoms with Gasteiger partial charge in [-0.1, -0.05) is 43.3 Å². The molecule has 1 atom stereocenters. The third kappa shape index (κ3) is 3.49. The molecule has 5 nitrogen and oxygen atoms in total. The Balaban J connectivity index is 2.26. The highest BCUT2D eigenvalue weighted by Gasteiger charge is 2.22. The average Bonchev–Trinajstić information content (AvgIpc) is 2.50. The minimum absolute atomic E-state index is 0.0868. The molecule has 0 aliphatic heterocycles. The molecule has 5 heteroatoms.